The van der Waals surface area contributed by atoms with Gasteiger partial charge < -0.3 is 10.8 Å². The van der Waals surface area contributed by atoms with Crippen LogP contribution in [-0.2, 0) is 4.79 Å². The lowest BCUT2D eigenvalue weighted by Crippen LogP contribution is -2.10. The Balaban J connectivity index is 3.02. The summed E-state index contributed by atoms with van der Waals surface area (Å²) in [6.45, 7) is 1.58. The molecule has 1 heterocycles. The number of hydrogen-bond acceptors (Lipinski definition) is 3. The van der Waals surface area contributed by atoms with E-state index >= 15 is 0 Å². The predicted molar refractivity (Wildman–Crippen MR) is 44.7 cm³/mol. The van der Waals surface area contributed by atoms with Gasteiger partial charge in [0.15, 0.2) is 0 Å². The van der Waals surface area contributed by atoms with Crippen LogP contribution < -0.4 is 5.73 Å². The smallest absolute Gasteiger partial charge is 0.310 e. The Morgan fingerprint density at radius 2 is 2.42 bits per heavy atom. The van der Waals surface area contributed by atoms with Gasteiger partial charge in [0.1, 0.15) is 5.82 Å². The van der Waals surface area contributed by atoms with Crippen LogP contribution in [0, 0.1) is 0 Å². The van der Waals surface area contributed by atoms with Crippen molar-refractivity contribution in [1.29, 1.82) is 0 Å². The van der Waals surface area contributed by atoms with Crippen molar-refractivity contribution < 1.29 is 9.90 Å². The number of nitrogens with two attached hydrogens (primary N) is 1. The van der Waals surface area contributed by atoms with Crippen molar-refractivity contribution in [3.63, 3.8) is 0 Å². The Bertz CT molecular complexity index is 299. The van der Waals surface area contributed by atoms with Crippen molar-refractivity contribution in [3.8, 4) is 0 Å². The number of pyridine rings is 1. The number of nitrogens with zero attached hydrogens (tertiary/aromatic N) is 1. The lowest BCUT2D eigenvalue weighted by atomic mass is 10.0. The zero-order chi connectivity index (χ0) is 9.14. The number of hydrogen-bond donors (Lipinski definition) is 2. The zero-order valence-electron chi connectivity index (χ0n) is 6.69. The molecular weight excluding hydrogens is 156 g/mol. The highest BCUT2D eigenvalue weighted by molar-refractivity contribution is 5.77. The average molecular weight is 166 g/mol. The summed E-state index contributed by atoms with van der Waals surface area (Å²) in [5, 5.41) is 8.68. The minimum atomic E-state index is -0.894. The third kappa shape index (κ3) is 1.53. The lowest BCUT2D eigenvalue weighted by molar-refractivity contribution is -0.138. The van der Waals surface area contributed by atoms with Gasteiger partial charge in [0, 0.05) is 11.8 Å². The number of carbonyl (C=O) groups is 1. The molecule has 64 valence electrons. The average Bonchev–Trinajstić information content (AvgIpc) is 2.04. The standard InChI is InChI=1S/C8H10N2O2/c1-5(8(11)12)6-3-2-4-10-7(6)9/h2-5H,1H3,(H2,9,10)(H,11,12). The van der Waals surface area contributed by atoms with Gasteiger partial charge in [-0.05, 0) is 13.0 Å². The number of rotatable bonds is 2. The van der Waals surface area contributed by atoms with E-state index in [2.05, 4.69) is 4.98 Å². The van der Waals surface area contributed by atoms with Gasteiger partial charge in [0.2, 0.25) is 0 Å². The Kier molecular flexibility index (Phi) is 2.28. The number of carboxylic acids is 1. The summed E-state index contributed by atoms with van der Waals surface area (Å²) in [5.41, 5.74) is 6.04. The van der Waals surface area contributed by atoms with Crippen LogP contribution in [0.1, 0.15) is 18.4 Å². The number of anilines is 1. The van der Waals surface area contributed by atoms with Crippen molar-refractivity contribution in [3.05, 3.63) is 23.9 Å². The van der Waals surface area contributed by atoms with Crippen molar-refractivity contribution in [2.24, 2.45) is 0 Å². The minimum absolute atomic E-state index is 0.285. The molecule has 4 nitrogen and oxygen atoms in total. The number of aliphatic carboxylic acids is 1. The first-order chi connectivity index (χ1) is 5.63. The molecule has 0 aromatic carbocycles. The normalized spacial score (nSPS) is 12.4. The summed E-state index contributed by atoms with van der Waals surface area (Å²) in [6.07, 6.45) is 1.54. The van der Waals surface area contributed by atoms with Crippen LogP contribution in [0.2, 0.25) is 0 Å². The number of nitrogen functional groups attached to an aromatic ring is 1. The van der Waals surface area contributed by atoms with E-state index in [-0.39, 0.29) is 5.82 Å². The van der Waals surface area contributed by atoms with Gasteiger partial charge in [-0.25, -0.2) is 4.98 Å². The molecule has 1 aromatic heterocycles. The second kappa shape index (κ2) is 3.21. The van der Waals surface area contributed by atoms with Crippen molar-refractivity contribution in [1.82, 2.24) is 4.98 Å². The summed E-state index contributed by atoms with van der Waals surface area (Å²) >= 11 is 0. The van der Waals surface area contributed by atoms with E-state index in [1.54, 1.807) is 19.1 Å². The molecule has 12 heavy (non-hydrogen) atoms. The van der Waals surface area contributed by atoms with Crippen LogP contribution in [0.5, 0.6) is 0 Å². The Morgan fingerprint density at radius 1 is 1.75 bits per heavy atom. The Labute approximate surface area is 70.0 Å². The molecule has 0 amide bonds. The maximum atomic E-state index is 10.6. The van der Waals surface area contributed by atoms with Crippen molar-refractivity contribution >= 4 is 11.8 Å². The summed E-state index contributed by atoms with van der Waals surface area (Å²) in [4.78, 5) is 14.4. The van der Waals surface area contributed by atoms with Gasteiger partial charge in [0.05, 0.1) is 5.92 Å². The third-order valence-corrected chi connectivity index (χ3v) is 1.71. The Morgan fingerprint density at radius 3 is 2.92 bits per heavy atom. The SMILES string of the molecule is CC(C(=O)O)c1cccnc1N. The predicted octanol–water partition coefficient (Wildman–Crippen LogP) is 0.852. The van der Waals surface area contributed by atoms with Crippen LogP contribution >= 0.6 is 0 Å². The topological polar surface area (TPSA) is 76.2 Å². The van der Waals surface area contributed by atoms with Gasteiger partial charge in [-0.2, -0.15) is 0 Å². The van der Waals surface area contributed by atoms with E-state index in [0.29, 0.717) is 5.56 Å². The lowest BCUT2D eigenvalue weighted by Gasteiger charge is -2.07. The summed E-state index contributed by atoms with van der Waals surface area (Å²) < 4.78 is 0. The Hall–Kier alpha value is -1.58. The quantitative estimate of drug-likeness (QED) is 0.682. The van der Waals surface area contributed by atoms with E-state index < -0.39 is 11.9 Å². The van der Waals surface area contributed by atoms with Gasteiger partial charge in [-0.15, -0.1) is 0 Å². The molecule has 1 aromatic rings. The minimum Gasteiger partial charge on any atom is -0.481 e. The number of aromatic nitrogens is 1. The molecule has 0 fully saturated rings. The molecule has 0 radical (unpaired) electrons. The molecule has 0 spiro atoms. The molecule has 0 aliphatic carbocycles. The zero-order valence-corrected chi connectivity index (χ0v) is 6.69. The maximum absolute atomic E-state index is 10.6. The summed E-state index contributed by atoms with van der Waals surface area (Å²) in [5.74, 6) is -1.21. The van der Waals surface area contributed by atoms with E-state index in [4.69, 9.17) is 10.8 Å². The van der Waals surface area contributed by atoms with Gasteiger partial charge in [-0.1, -0.05) is 6.07 Å². The molecule has 0 saturated carbocycles. The van der Waals surface area contributed by atoms with E-state index in [1.807, 2.05) is 0 Å². The highest BCUT2D eigenvalue weighted by atomic mass is 16.4. The van der Waals surface area contributed by atoms with Gasteiger partial charge >= 0.3 is 5.97 Å². The molecule has 4 heteroatoms. The van der Waals surface area contributed by atoms with Gasteiger partial charge in [0.25, 0.3) is 0 Å². The van der Waals surface area contributed by atoms with Crippen LogP contribution in [0.25, 0.3) is 0 Å². The number of carboxylic acid groups (broad SMARTS) is 1. The molecule has 3 N–H and O–H groups in total. The molecule has 0 saturated heterocycles. The fourth-order valence-corrected chi connectivity index (χ4v) is 0.929. The van der Waals surface area contributed by atoms with Crippen molar-refractivity contribution in [2.75, 3.05) is 5.73 Å². The van der Waals surface area contributed by atoms with Crippen LogP contribution in [-0.4, -0.2) is 16.1 Å². The first-order valence-electron chi connectivity index (χ1n) is 3.56. The second-order valence-electron chi connectivity index (χ2n) is 2.54. The van der Waals surface area contributed by atoms with Crippen LogP contribution in [0.3, 0.4) is 0 Å². The maximum Gasteiger partial charge on any atom is 0.310 e. The fraction of sp³-hybridized carbons (Fsp3) is 0.250. The van der Waals surface area contributed by atoms with E-state index in [9.17, 15) is 4.79 Å². The fourth-order valence-electron chi connectivity index (χ4n) is 0.929. The molecule has 1 unspecified atom stereocenters. The van der Waals surface area contributed by atoms with Crippen LogP contribution in [0.15, 0.2) is 18.3 Å². The molecular formula is C8H10N2O2. The first-order valence-corrected chi connectivity index (χ1v) is 3.56. The van der Waals surface area contributed by atoms with E-state index in [1.165, 1.54) is 6.20 Å². The largest absolute Gasteiger partial charge is 0.481 e. The molecule has 0 bridgehead atoms. The molecule has 0 aliphatic heterocycles. The first kappa shape index (κ1) is 8.52. The molecule has 0 aliphatic rings. The second-order valence-corrected chi connectivity index (χ2v) is 2.54. The summed E-state index contributed by atoms with van der Waals surface area (Å²) in [6, 6.07) is 3.34. The van der Waals surface area contributed by atoms with Crippen molar-refractivity contribution in [2.45, 2.75) is 12.8 Å². The third-order valence-electron chi connectivity index (χ3n) is 1.71. The highest BCUT2D eigenvalue weighted by Crippen LogP contribution is 2.19. The van der Waals surface area contributed by atoms with Gasteiger partial charge in [-0.3, -0.25) is 4.79 Å². The summed E-state index contributed by atoms with van der Waals surface area (Å²) in [7, 11) is 0. The van der Waals surface area contributed by atoms with E-state index in [0.717, 1.165) is 0 Å². The highest BCUT2D eigenvalue weighted by Gasteiger charge is 2.15. The molecule has 1 rings (SSSR count). The molecule has 1 atom stereocenters. The van der Waals surface area contributed by atoms with Crippen LogP contribution in [0.4, 0.5) is 5.82 Å². The monoisotopic (exact) mass is 166 g/mol.